The molecule has 0 aliphatic rings. The summed E-state index contributed by atoms with van der Waals surface area (Å²) in [5, 5.41) is 6.08. The van der Waals surface area contributed by atoms with Crippen LogP contribution < -0.4 is 5.32 Å². The molecule has 1 aromatic heterocycles. The number of aromatic nitrogens is 1. The zero-order valence-corrected chi connectivity index (χ0v) is 17.5. The maximum absolute atomic E-state index is 12.5. The van der Waals surface area contributed by atoms with E-state index in [0.717, 1.165) is 21.8 Å². The Labute approximate surface area is 170 Å². The Morgan fingerprint density at radius 1 is 1.04 bits per heavy atom. The number of amides is 1. The molecule has 0 saturated carbocycles. The summed E-state index contributed by atoms with van der Waals surface area (Å²) < 4.78 is 5.48. The van der Waals surface area contributed by atoms with Gasteiger partial charge in [-0.2, -0.15) is 0 Å². The lowest BCUT2D eigenvalue weighted by Gasteiger charge is -2.27. The molecule has 0 fully saturated rings. The minimum absolute atomic E-state index is 0.00243. The molecule has 0 bridgehead atoms. The van der Waals surface area contributed by atoms with Gasteiger partial charge in [-0.15, -0.1) is 11.3 Å². The molecule has 1 amide bonds. The fourth-order valence-corrected chi connectivity index (χ4v) is 3.90. The maximum Gasteiger partial charge on any atom is 0.408 e. The number of hydrogen-bond acceptors (Lipinski definition) is 4. The fourth-order valence-electron chi connectivity index (χ4n) is 2.97. The van der Waals surface area contributed by atoms with E-state index < -0.39 is 11.7 Å². The number of nitrogens with zero attached hydrogens (tertiary/aromatic N) is 1. The maximum atomic E-state index is 12.5. The van der Waals surface area contributed by atoms with Gasteiger partial charge in [0.25, 0.3) is 0 Å². The summed E-state index contributed by atoms with van der Waals surface area (Å²) in [7, 11) is 0. The summed E-state index contributed by atoms with van der Waals surface area (Å²) in [6.07, 6.45) is -0.423. The lowest BCUT2D eigenvalue weighted by atomic mass is 9.95. The average molecular weight is 395 g/mol. The highest BCUT2D eigenvalue weighted by molar-refractivity contribution is 7.10. The first kappa shape index (κ1) is 20.1. The minimum atomic E-state index is -0.545. The third-order valence-corrected chi connectivity index (χ3v) is 5.36. The topological polar surface area (TPSA) is 51.2 Å². The molecule has 0 unspecified atom stereocenters. The average Bonchev–Trinajstić information content (AvgIpc) is 3.16. The van der Waals surface area contributed by atoms with Crippen molar-refractivity contribution >= 4 is 17.4 Å². The van der Waals surface area contributed by atoms with Crippen LogP contribution in [-0.4, -0.2) is 16.7 Å². The first-order valence-electron chi connectivity index (χ1n) is 9.39. The van der Waals surface area contributed by atoms with Crippen molar-refractivity contribution in [1.82, 2.24) is 10.3 Å². The monoisotopic (exact) mass is 394 g/mol. The van der Waals surface area contributed by atoms with Gasteiger partial charge in [-0.3, -0.25) is 0 Å². The number of rotatable bonds is 5. The van der Waals surface area contributed by atoms with Gasteiger partial charge in [-0.1, -0.05) is 67.6 Å². The van der Waals surface area contributed by atoms with E-state index in [-0.39, 0.29) is 12.0 Å². The molecular formula is C23H26N2O2S. The van der Waals surface area contributed by atoms with Crippen LogP contribution >= 0.6 is 11.3 Å². The number of nitrogens with one attached hydrogen (secondary N) is 1. The van der Waals surface area contributed by atoms with Crippen molar-refractivity contribution in [2.45, 2.75) is 45.3 Å². The first-order chi connectivity index (χ1) is 13.3. The Hall–Kier alpha value is -2.66. The highest BCUT2D eigenvalue weighted by Crippen LogP contribution is 2.34. The van der Waals surface area contributed by atoms with Gasteiger partial charge < -0.3 is 10.1 Å². The van der Waals surface area contributed by atoms with E-state index in [4.69, 9.17) is 9.72 Å². The van der Waals surface area contributed by atoms with Gasteiger partial charge in [0.2, 0.25) is 0 Å². The molecule has 28 heavy (non-hydrogen) atoms. The number of carbonyl (C=O) groups excluding carboxylic acids is 1. The van der Waals surface area contributed by atoms with Gasteiger partial charge in [-0.25, -0.2) is 9.78 Å². The number of carbonyl (C=O) groups is 1. The minimum Gasteiger partial charge on any atom is -0.444 e. The molecule has 2 aromatic carbocycles. The molecule has 0 saturated heterocycles. The van der Waals surface area contributed by atoms with E-state index >= 15 is 0 Å². The van der Waals surface area contributed by atoms with Crippen LogP contribution in [0.3, 0.4) is 0 Å². The summed E-state index contributed by atoms with van der Waals surface area (Å²) in [5.74, 6) is -0.00243. The van der Waals surface area contributed by atoms with E-state index in [2.05, 4.69) is 29.8 Å². The molecule has 0 aliphatic heterocycles. The summed E-state index contributed by atoms with van der Waals surface area (Å²) in [4.78, 5) is 17.3. The predicted molar refractivity (Wildman–Crippen MR) is 115 cm³/mol. The molecule has 0 radical (unpaired) electrons. The standard InChI is InChI=1S/C23H26N2O2S/c1-16(21-24-19(15-28-21)17-11-7-5-8-12-17)20(18-13-9-6-10-14-18)25-22(26)27-23(2,3)4/h5-16,20H,1-4H3,(H,25,26)/t16-,20+/m1/s1. The predicted octanol–water partition coefficient (Wildman–Crippen LogP) is 6.18. The van der Waals surface area contributed by atoms with Crippen molar-refractivity contribution in [3.8, 4) is 11.3 Å². The molecule has 5 heteroatoms. The number of alkyl carbamates (subject to hydrolysis) is 1. The summed E-state index contributed by atoms with van der Waals surface area (Å²) >= 11 is 1.61. The molecule has 3 aromatic rings. The third kappa shape index (κ3) is 5.20. The van der Waals surface area contributed by atoms with Crippen molar-refractivity contribution in [2.75, 3.05) is 0 Å². The van der Waals surface area contributed by atoms with Gasteiger partial charge >= 0.3 is 6.09 Å². The van der Waals surface area contributed by atoms with Crippen LogP contribution in [0.25, 0.3) is 11.3 Å². The van der Waals surface area contributed by atoms with Crippen LogP contribution in [0, 0.1) is 0 Å². The van der Waals surface area contributed by atoms with Gasteiger partial charge in [0, 0.05) is 16.9 Å². The normalized spacial score (nSPS) is 13.6. The van der Waals surface area contributed by atoms with Gasteiger partial charge in [-0.05, 0) is 26.3 Å². The molecular weight excluding hydrogens is 368 g/mol. The number of hydrogen-bond donors (Lipinski definition) is 1. The number of benzene rings is 2. The molecule has 4 nitrogen and oxygen atoms in total. The van der Waals surface area contributed by atoms with Gasteiger partial charge in [0.05, 0.1) is 16.7 Å². The Bertz CT molecular complexity index is 901. The Morgan fingerprint density at radius 3 is 2.25 bits per heavy atom. The second-order valence-electron chi connectivity index (χ2n) is 7.76. The van der Waals surface area contributed by atoms with Gasteiger partial charge in [0.1, 0.15) is 5.60 Å². The highest BCUT2D eigenvalue weighted by atomic mass is 32.1. The second-order valence-corrected chi connectivity index (χ2v) is 8.65. The van der Waals surface area contributed by atoms with Crippen LogP contribution in [0.5, 0.6) is 0 Å². The molecule has 0 spiro atoms. The van der Waals surface area contributed by atoms with Crippen molar-refractivity contribution in [3.63, 3.8) is 0 Å². The SMILES string of the molecule is C[C@@H](c1nc(-c2ccccc2)cs1)[C@H](NC(=O)OC(C)(C)C)c1ccccc1. The molecule has 1 heterocycles. The van der Waals surface area contributed by atoms with Gasteiger partial charge in [0.15, 0.2) is 0 Å². The summed E-state index contributed by atoms with van der Waals surface area (Å²) in [5.41, 5.74) is 2.53. The summed E-state index contributed by atoms with van der Waals surface area (Å²) in [6, 6.07) is 19.8. The van der Waals surface area contributed by atoms with Crippen LogP contribution in [0.15, 0.2) is 66.0 Å². The molecule has 1 N–H and O–H groups in total. The lowest BCUT2D eigenvalue weighted by Crippen LogP contribution is -2.36. The van der Waals surface area contributed by atoms with Crippen LogP contribution in [0.1, 0.15) is 50.2 Å². The molecule has 146 valence electrons. The van der Waals surface area contributed by atoms with E-state index in [1.165, 1.54) is 0 Å². The van der Waals surface area contributed by atoms with Crippen molar-refractivity contribution in [3.05, 3.63) is 76.6 Å². The van der Waals surface area contributed by atoms with E-state index in [1.807, 2.05) is 69.3 Å². The Morgan fingerprint density at radius 2 is 1.64 bits per heavy atom. The summed E-state index contributed by atoms with van der Waals surface area (Å²) in [6.45, 7) is 7.67. The smallest absolute Gasteiger partial charge is 0.408 e. The highest BCUT2D eigenvalue weighted by Gasteiger charge is 2.27. The third-order valence-electron chi connectivity index (χ3n) is 4.31. The Kier molecular flexibility index (Phi) is 6.15. The zero-order chi connectivity index (χ0) is 20.1. The van der Waals surface area contributed by atoms with Crippen molar-refractivity contribution < 1.29 is 9.53 Å². The Balaban J connectivity index is 1.86. The fraction of sp³-hybridized carbons (Fsp3) is 0.304. The van der Waals surface area contributed by atoms with E-state index in [1.54, 1.807) is 11.3 Å². The van der Waals surface area contributed by atoms with Crippen molar-refractivity contribution in [2.24, 2.45) is 0 Å². The number of thiazole rings is 1. The molecule has 3 rings (SSSR count). The number of ether oxygens (including phenoxy) is 1. The molecule has 0 aliphatic carbocycles. The van der Waals surface area contributed by atoms with Crippen LogP contribution in [0.4, 0.5) is 4.79 Å². The largest absolute Gasteiger partial charge is 0.444 e. The quantitative estimate of drug-likeness (QED) is 0.562. The van der Waals surface area contributed by atoms with E-state index in [9.17, 15) is 4.79 Å². The lowest BCUT2D eigenvalue weighted by molar-refractivity contribution is 0.0497. The van der Waals surface area contributed by atoms with Crippen LogP contribution in [-0.2, 0) is 4.74 Å². The van der Waals surface area contributed by atoms with Crippen LogP contribution in [0.2, 0.25) is 0 Å². The van der Waals surface area contributed by atoms with E-state index in [0.29, 0.717) is 0 Å². The zero-order valence-electron chi connectivity index (χ0n) is 16.7. The molecule has 2 atom stereocenters. The first-order valence-corrected chi connectivity index (χ1v) is 10.3. The van der Waals surface area contributed by atoms with Crippen molar-refractivity contribution in [1.29, 1.82) is 0 Å². The second kappa shape index (κ2) is 8.57.